The smallest absolute Gasteiger partial charge is 0.251 e. The summed E-state index contributed by atoms with van der Waals surface area (Å²) in [5.41, 5.74) is 8.01. The first-order valence-electron chi connectivity index (χ1n) is 9.68. The van der Waals surface area contributed by atoms with E-state index in [0.717, 1.165) is 29.2 Å². The highest BCUT2D eigenvalue weighted by atomic mass is 35.5. The summed E-state index contributed by atoms with van der Waals surface area (Å²) in [7, 11) is 0. The molecule has 0 fully saturated rings. The summed E-state index contributed by atoms with van der Waals surface area (Å²) in [6.07, 6.45) is 3.77. The molecule has 0 saturated carbocycles. The monoisotopic (exact) mass is 405 g/mol. The highest BCUT2D eigenvalue weighted by molar-refractivity contribution is 6.31. The van der Waals surface area contributed by atoms with Crippen LogP contribution in [-0.2, 0) is 0 Å². The molecule has 3 aromatic rings. The molecular formula is C24H24ClN3O. The van der Waals surface area contributed by atoms with Gasteiger partial charge < -0.3 is 11.1 Å². The van der Waals surface area contributed by atoms with E-state index in [1.807, 2.05) is 30.3 Å². The fourth-order valence-corrected chi connectivity index (χ4v) is 3.19. The number of nitrogens with one attached hydrogen (secondary N) is 1. The number of amides is 1. The molecule has 0 atom stereocenters. The second-order valence-electron chi connectivity index (χ2n) is 7.37. The largest absolute Gasteiger partial charge is 0.383 e. The topological polar surface area (TPSA) is 68.0 Å². The van der Waals surface area contributed by atoms with Gasteiger partial charge in [-0.2, -0.15) is 0 Å². The van der Waals surface area contributed by atoms with Gasteiger partial charge in [0, 0.05) is 39.7 Å². The van der Waals surface area contributed by atoms with Crippen molar-refractivity contribution in [3.05, 3.63) is 70.4 Å². The lowest BCUT2D eigenvalue weighted by Gasteiger charge is -2.07. The molecule has 4 nitrogen and oxygen atoms in total. The molecule has 0 aliphatic rings. The average Bonchev–Trinajstić information content (AvgIpc) is 2.70. The molecule has 0 bridgehead atoms. The average molecular weight is 406 g/mol. The molecule has 0 aliphatic heterocycles. The molecule has 3 N–H and O–H groups in total. The maximum Gasteiger partial charge on any atom is 0.251 e. The zero-order chi connectivity index (χ0) is 20.8. The normalized spacial score (nSPS) is 10.6. The van der Waals surface area contributed by atoms with Crippen molar-refractivity contribution in [1.82, 2.24) is 10.3 Å². The van der Waals surface area contributed by atoms with E-state index in [-0.39, 0.29) is 5.91 Å². The summed E-state index contributed by atoms with van der Waals surface area (Å²) in [4.78, 5) is 16.6. The molecular weight excluding hydrogens is 382 g/mol. The fraction of sp³-hybridized carbons (Fsp3) is 0.250. The fourth-order valence-electron chi connectivity index (χ4n) is 3.02. The summed E-state index contributed by atoms with van der Waals surface area (Å²) < 4.78 is 0. The molecule has 148 valence electrons. The van der Waals surface area contributed by atoms with E-state index in [0.29, 0.717) is 34.4 Å². The Morgan fingerprint density at radius 2 is 2.03 bits per heavy atom. The lowest BCUT2D eigenvalue weighted by atomic mass is 10.1. The van der Waals surface area contributed by atoms with Crippen molar-refractivity contribution in [1.29, 1.82) is 0 Å². The van der Waals surface area contributed by atoms with Gasteiger partial charge >= 0.3 is 0 Å². The van der Waals surface area contributed by atoms with Crippen LogP contribution < -0.4 is 11.1 Å². The van der Waals surface area contributed by atoms with Gasteiger partial charge in [0.1, 0.15) is 5.82 Å². The van der Waals surface area contributed by atoms with Crippen molar-refractivity contribution >= 4 is 34.1 Å². The molecule has 0 radical (unpaired) electrons. The van der Waals surface area contributed by atoms with Crippen LogP contribution in [0.15, 0.2) is 48.7 Å². The summed E-state index contributed by atoms with van der Waals surface area (Å²) in [6, 6.07) is 12.8. The Kier molecular flexibility index (Phi) is 6.74. The van der Waals surface area contributed by atoms with Crippen LogP contribution in [0.25, 0.3) is 10.8 Å². The van der Waals surface area contributed by atoms with E-state index in [2.05, 4.69) is 36.0 Å². The Bertz CT molecular complexity index is 1090. The summed E-state index contributed by atoms with van der Waals surface area (Å²) in [6.45, 7) is 5.03. The molecule has 0 unspecified atom stereocenters. The first-order valence-corrected chi connectivity index (χ1v) is 10.1. The van der Waals surface area contributed by atoms with Crippen molar-refractivity contribution in [3.8, 4) is 11.8 Å². The zero-order valence-corrected chi connectivity index (χ0v) is 17.4. The maximum absolute atomic E-state index is 12.4. The minimum absolute atomic E-state index is 0.0875. The van der Waals surface area contributed by atoms with E-state index < -0.39 is 0 Å². The number of hydrogen-bond donors (Lipinski definition) is 2. The molecule has 5 heteroatoms. The summed E-state index contributed by atoms with van der Waals surface area (Å²) in [5, 5.41) is 5.35. The van der Waals surface area contributed by atoms with Gasteiger partial charge in [-0.25, -0.2) is 4.98 Å². The number of carbonyl (C=O) groups is 1. The molecule has 1 heterocycles. The number of nitrogen functional groups attached to an aromatic ring is 1. The summed E-state index contributed by atoms with van der Waals surface area (Å²) in [5.74, 6) is 7.10. The van der Waals surface area contributed by atoms with E-state index in [1.54, 1.807) is 18.3 Å². The third-order valence-electron chi connectivity index (χ3n) is 4.58. The van der Waals surface area contributed by atoms with Gasteiger partial charge in [0.15, 0.2) is 0 Å². The molecule has 29 heavy (non-hydrogen) atoms. The number of aromatic nitrogens is 1. The molecule has 0 spiro atoms. The van der Waals surface area contributed by atoms with Crippen LogP contribution in [-0.4, -0.2) is 17.4 Å². The van der Waals surface area contributed by atoms with E-state index in [4.69, 9.17) is 17.3 Å². The minimum atomic E-state index is -0.0875. The van der Waals surface area contributed by atoms with Crippen LogP contribution in [0, 0.1) is 17.8 Å². The number of pyridine rings is 1. The zero-order valence-electron chi connectivity index (χ0n) is 16.6. The van der Waals surface area contributed by atoms with Crippen LogP contribution >= 0.6 is 11.6 Å². The number of halogens is 1. The van der Waals surface area contributed by atoms with Gasteiger partial charge in [-0.05, 0) is 49.1 Å². The van der Waals surface area contributed by atoms with Crippen molar-refractivity contribution in [2.45, 2.75) is 26.7 Å². The second-order valence-corrected chi connectivity index (χ2v) is 7.81. The van der Waals surface area contributed by atoms with Gasteiger partial charge in [0.05, 0.1) is 5.56 Å². The molecule has 3 rings (SSSR count). The first kappa shape index (κ1) is 20.7. The lowest BCUT2D eigenvalue weighted by molar-refractivity contribution is 0.0952. The molecule has 0 aliphatic carbocycles. The van der Waals surface area contributed by atoms with Gasteiger partial charge in [-0.1, -0.05) is 49.4 Å². The Morgan fingerprint density at radius 3 is 2.83 bits per heavy atom. The predicted octanol–water partition coefficient (Wildman–Crippen LogP) is 5.04. The van der Waals surface area contributed by atoms with Crippen LogP contribution in [0.2, 0.25) is 5.02 Å². The first-order chi connectivity index (χ1) is 13.9. The van der Waals surface area contributed by atoms with Gasteiger partial charge in [0.25, 0.3) is 5.91 Å². The second kappa shape index (κ2) is 9.45. The SMILES string of the molecule is CC(C)CCCNC(=O)c1cccc(C#Cc2c(N)ncc3ccc(Cl)cc23)c1. The van der Waals surface area contributed by atoms with Gasteiger partial charge in [-0.15, -0.1) is 0 Å². The third-order valence-corrected chi connectivity index (χ3v) is 4.82. The maximum atomic E-state index is 12.4. The van der Waals surface area contributed by atoms with Crippen molar-refractivity contribution < 1.29 is 4.79 Å². The number of hydrogen-bond acceptors (Lipinski definition) is 3. The Labute approximate surface area is 176 Å². The van der Waals surface area contributed by atoms with E-state index >= 15 is 0 Å². The van der Waals surface area contributed by atoms with Crippen molar-refractivity contribution in [3.63, 3.8) is 0 Å². The molecule has 0 saturated heterocycles. The van der Waals surface area contributed by atoms with Crippen LogP contribution in [0.4, 0.5) is 5.82 Å². The third kappa shape index (κ3) is 5.49. The lowest BCUT2D eigenvalue weighted by Crippen LogP contribution is -2.24. The minimum Gasteiger partial charge on any atom is -0.383 e. The number of rotatable bonds is 5. The number of carbonyl (C=O) groups excluding carboxylic acids is 1. The standard InChI is InChI=1S/C24H24ClN3O/c1-16(2)5-4-12-27-24(29)18-7-3-6-17(13-18)8-11-21-22-14-20(25)10-9-19(22)15-28-23(21)26/h3,6-7,9-10,13-16H,4-5,12H2,1-2H3,(H2,26,28)(H,27,29). The van der Waals surface area contributed by atoms with E-state index in [1.165, 1.54) is 0 Å². The molecule has 1 amide bonds. The Balaban J connectivity index is 1.81. The van der Waals surface area contributed by atoms with Crippen molar-refractivity contribution in [2.75, 3.05) is 12.3 Å². The van der Waals surface area contributed by atoms with Crippen LogP contribution in [0.1, 0.15) is 48.2 Å². The number of fused-ring (bicyclic) bond motifs is 1. The molecule has 2 aromatic carbocycles. The number of nitrogens with two attached hydrogens (primary N) is 1. The Morgan fingerprint density at radius 1 is 1.21 bits per heavy atom. The van der Waals surface area contributed by atoms with Crippen LogP contribution in [0.3, 0.4) is 0 Å². The number of anilines is 1. The quantitative estimate of drug-likeness (QED) is 0.461. The highest BCUT2D eigenvalue weighted by Gasteiger charge is 2.07. The Hall–Kier alpha value is -3.03. The number of benzene rings is 2. The summed E-state index contributed by atoms with van der Waals surface area (Å²) >= 11 is 6.13. The molecule has 1 aromatic heterocycles. The highest BCUT2D eigenvalue weighted by Crippen LogP contribution is 2.24. The number of nitrogens with zero attached hydrogens (tertiary/aromatic N) is 1. The van der Waals surface area contributed by atoms with Crippen LogP contribution in [0.5, 0.6) is 0 Å². The van der Waals surface area contributed by atoms with Crippen molar-refractivity contribution in [2.24, 2.45) is 5.92 Å². The van der Waals surface area contributed by atoms with Gasteiger partial charge in [-0.3, -0.25) is 4.79 Å². The van der Waals surface area contributed by atoms with E-state index in [9.17, 15) is 4.79 Å². The predicted molar refractivity (Wildman–Crippen MR) is 120 cm³/mol. The van der Waals surface area contributed by atoms with Gasteiger partial charge in [0.2, 0.25) is 0 Å².